The molecule has 0 radical (unpaired) electrons. The first-order valence-electron chi connectivity index (χ1n) is 7.41. The van der Waals surface area contributed by atoms with Crippen LogP contribution in [-0.4, -0.2) is 20.3 Å². The lowest BCUT2D eigenvalue weighted by Gasteiger charge is -2.09. The molecule has 0 aliphatic rings. The average molecular weight is 285 g/mol. The lowest BCUT2D eigenvalue weighted by atomic mass is 10.1. The lowest BCUT2D eigenvalue weighted by molar-refractivity contribution is 0.332. The van der Waals surface area contributed by atoms with Crippen LogP contribution in [0.4, 0.5) is 5.69 Å². The maximum Gasteiger partial charge on any atom is 0.119 e. The summed E-state index contributed by atoms with van der Waals surface area (Å²) in [6.07, 6.45) is 2.32. The van der Waals surface area contributed by atoms with Crippen LogP contribution in [0.5, 0.6) is 11.5 Å². The molecule has 0 aromatic heterocycles. The van der Waals surface area contributed by atoms with Crippen LogP contribution in [0.3, 0.4) is 0 Å². The Balaban J connectivity index is 1.71. The van der Waals surface area contributed by atoms with Crippen LogP contribution in [0.2, 0.25) is 0 Å². The topological polar surface area (TPSA) is 30.5 Å². The van der Waals surface area contributed by atoms with E-state index in [9.17, 15) is 0 Å². The number of methoxy groups -OCH3 is 1. The van der Waals surface area contributed by atoms with Gasteiger partial charge >= 0.3 is 0 Å². The van der Waals surface area contributed by atoms with Gasteiger partial charge in [0.15, 0.2) is 0 Å². The van der Waals surface area contributed by atoms with Gasteiger partial charge in [-0.1, -0.05) is 25.5 Å². The molecule has 0 bridgehead atoms. The zero-order valence-electron chi connectivity index (χ0n) is 12.8. The Hall–Kier alpha value is -2.16. The quantitative estimate of drug-likeness (QED) is 0.739. The monoisotopic (exact) mass is 285 g/mol. The number of benzene rings is 2. The summed E-state index contributed by atoms with van der Waals surface area (Å²) in [6, 6.07) is 16.2. The van der Waals surface area contributed by atoms with Crippen molar-refractivity contribution in [3.63, 3.8) is 0 Å². The second kappa shape index (κ2) is 8.20. The molecule has 0 saturated heterocycles. The Morgan fingerprint density at radius 3 is 2.19 bits per heavy atom. The third-order valence-corrected chi connectivity index (χ3v) is 3.25. The second-order valence-corrected chi connectivity index (χ2v) is 4.90. The van der Waals surface area contributed by atoms with E-state index in [-0.39, 0.29) is 0 Å². The number of nitrogens with one attached hydrogen (secondary N) is 1. The second-order valence-electron chi connectivity index (χ2n) is 4.90. The van der Waals surface area contributed by atoms with E-state index in [1.54, 1.807) is 7.11 Å². The van der Waals surface area contributed by atoms with Crippen molar-refractivity contribution in [1.29, 1.82) is 0 Å². The summed E-state index contributed by atoms with van der Waals surface area (Å²) >= 11 is 0. The van der Waals surface area contributed by atoms with Gasteiger partial charge in [0, 0.05) is 12.2 Å². The third-order valence-electron chi connectivity index (χ3n) is 3.25. The molecule has 112 valence electrons. The lowest BCUT2D eigenvalue weighted by Crippen LogP contribution is -2.11. The van der Waals surface area contributed by atoms with Crippen molar-refractivity contribution >= 4 is 5.69 Å². The number of hydrogen-bond acceptors (Lipinski definition) is 3. The highest BCUT2D eigenvalue weighted by Gasteiger charge is 1.96. The Bertz CT molecular complexity index is 520. The van der Waals surface area contributed by atoms with E-state index < -0.39 is 0 Å². The van der Waals surface area contributed by atoms with Crippen LogP contribution < -0.4 is 14.8 Å². The summed E-state index contributed by atoms with van der Waals surface area (Å²) in [5.74, 6) is 1.70. The van der Waals surface area contributed by atoms with Crippen LogP contribution in [-0.2, 0) is 6.42 Å². The molecule has 0 saturated carbocycles. The van der Waals surface area contributed by atoms with E-state index in [0.29, 0.717) is 6.61 Å². The van der Waals surface area contributed by atoms with Crippen LogP contribution in [0.1, 0.15) is 18.9 Å². The maximum absolute atomic E-state index is 5.67. The molecule has 0 spiro atoms. The molecule has 2 aromatic carbocycles. The van der Waals surface area contributed by atoms with Gasteiger partial charge in [-0.15, -0.1) is 0 Å². The zero-order valence-corrected chi connectivity index (χ0v) is 12.8. The Morgan fingerprint density at radius 1 is 0.905 bits per heavy atom. The molecule has 0 heterocycles. The smallest absolute Gasteiger partial charge is 0.119 e. The fraction of sp³-hybridized carbons (Fsp3) is 0.333. The highest BCUT2D eigenvalue weighted by molar-refractivity contribution is 5.44. The van der Waals surface area contributed by atoms with Gasteiger partial charge in [0.25, 0.3) is 0 Å². The zero-order chi connectivity index (χ0) is 14.9. The minimum absolute atomic E-state index is 0.628. The van der Waals surface area contributed by atoms with Gasteiger partial charge in [-0.25, -0.2) is 0 Å². The first-order chi connectivity index (χ1) is 10.3. The number of aryl methyl sites for hydroxylation is 1. The molecule has 0 atom stereocenters. The van der Waals surface area contributed by atoms with Crippen molar-refractivity contribution in [2.45, 2.75) is 19.8 Å². The van der Waals surface area contributed by atoms with Gasteiger partial charge in [0.2, 0.25) is 0 Å². The maximum atomic E-state index is 5.67. The molecule has 3 heteroatoms. The van der Waals surface area contributed by atoms with E-state index in [1.165, 1.54) is 12.0 Å². The molecule has 0 aliphatic carbocycles. The van der Waals surface area contributed by atoms with Crippen molar-refractivity contribution < 1.29 is 9.47 Å². The van der Waals surface area contributed by atoms with Gasteiger partial charge in [0.1, 0.15) is 18.1 Å². The normalized spacial score (nSPS) is 10.2. The van der Waals surface area contributed by atoms with E-state index in [0.717, 1.165) is 30.2 Å². The standard InChI is InChI=1S/C18H23NO2/c1-3-4-15-5-7-16(8-6-15)19-13-14-21-18-11-9-17(20-2)10-12-18/h5-12,19H,3-4,13-14H2,1-2H3. The molecule has 2 aromatic rings. The summed E-state index contributed by atoms with van der Waals surface area (Å²) in [7, 11) is 1.66. The first-order valence-corrected chi connectivity index (χ1v) is 7.41. The molecule has 2 rings (SSSR count). The van der Waals surface area contributed by atoms with E-state index in [4.69, 9.17) is 9.47 Å². The van der Waals surface area contributed by atoms with Crippen LogP contribution in [0.15, 0.2) is 48.5 Å². The van der Waals surface area contributed by atoms with Crippen molar-refractivity contribution in [2.75, 3.05) is 25.6 Å². The van der Waals surface area contributed by atoms with Gasteiger partial charge in [0.05, 0.1) is 7.11 Å². The molecule has 0 fully saturated rings. The molecule has 0 aliphatic heterocycles. The Labute approximate surface area is 126 Å². The predicted molar refractivity (Wildman–Crippen MR) is 87.4 cm³/mol. The van der Waals surface area contributed by atoms with Crippen molar-refractivity contribution in [3.05, 3.63) is 54.1 Å². The number of ether oxygens (including phenoxy) is 2. The predicted octanol–water partition coefficient (Wildman–Crippen LogP) is 4.14. The highest BCUT2D eigenvalue weighted by Crippen LogP contribution is 2.17. The SMILES string of the molecule is CCCc1ccc(NCCOc2ccc(OC)cc2)cc1. The summed E-state index contributed by atoms with van der Waals surface area (Å²) in [5.41, 5.74) is 2.52. The molecular formula is C18H23NO2. The average Bonchev–Trinajstić information content (AvgIpc) is 2.54. The van der Waals surface area contributed by atoms with Gasteiger partial charge in [-0.3, -0.25) is 0 Å². The summed E-state index contributed by atoms with van der Waals surface area (Å²) in [4.78, 5) is 0. The van der Waals surface area contributed by atoms with Crippen molar-refractivity contribution in [3.8, 4) is 11.5 Å². The molecule has 0 unspecified atom stereocenters. The summed E-state index contributed by atoms with van der Waals surface area (Å²) in [5, 5.41) is 3.36. The Morgan fingerprint density at radius 2 is 1.57 bits per heavy atom. The first kappa shape index (κ1) is 15.2. The summed E-state index contributed by atoms with van der Waals surface area (Å²) < 4.78 is 10.8. The van der Waals surface area contributed by atoms with Crippen LogP contribution in [0.25, 0.3) is 0 Å². The Kier molecular flexibility index (Phi) is 5.95. The largest absolute Gasteiger partial charge is 0.497 e. The van der Waals surface area contributed by atoms with E-state index >= 15 is 0 Å². The van der Waals surface area contributed by atoms with Gasteiger partial charge in [-0.05, 0) is 48.4 Å². The van der Waals surface area contributed by atoms with E-state index in [1.807, 2.05) is 24.3 Å². The molecule has 0 amide bonds. The number of rotatable bonds is 8. The van der Waals surface area contributed by atoms with Crippen molar-refractivity contribution in [1.82, 2.24) is 0 Å². The molecule has 3 nitrogen and oxygen atoms in total. The van der Waals surface area contributed by atoms with Crippen LogP contribution in [0, 0.1) is 0 Å². The van der Waals surface area contributed by atoms with Gasteiger partial charge in [-0.2, -0.15) is 0 Å². The molecule has 21 heavy (non-hydrogen) atoms. The fourth-order valence-corrected chi connectivity index (χ4v) is 2.11. The van der Waals surface area contributed by atoms with Gasteiger partial charge < -0.3 is 14.8 Å². The highest BCUT2D eigenvalue weighted by atomic mass is 16.5. The summed E-state index contributed by atoms with van der Waals surface area (Å²) in [6.45, 7) is 3.60. The minimum atomic E-state index is 0.628. The fourth-order valence-electron chi connectivity index (χ4n) is 2.11. The molecule has 1 N–H and O–H groups in total. The third kappa shape index (κ3) is 5.03. The van der Waals surface area contributed by atoms with E-state index in [2.05, 4.69) is 36.5 Å². The minimum Gasteiger partial charge on any atom is -0.497 e. The number of hydrogen-bond donors (Lipinski definition) is 1. The van der Waals surface area contributed by atoms with Crippen LogP contribution >= 0.6 is 0 Å². The van der Waals surface area contributed by atoms with Crippen molar-refractivity contribution in [2.24, 2.45) is 0 Å². The number of anilines is 1. The molecular weight excluding hydrogens is 262 g/mol.